The van der Waals surface area contributed by atoms with Crippen LogP contribution in [0.3, 0.4) is 0 Å². The normalized spacial score (nSPS) is 11.3. The van der Waals surface area contributed by atoms with Gasteiger partial charge in [0.15, 0.2) is 5.96 Å². The fourth-order valence-corrected chi connectivity index (χ4v) is 1.89. The molecular weight excluding hydrogens is 292 g/mol. The van der Waals surface area contributed by atoms with E-state index in [1.807, 2.05) is 25.3 Å². The van der Waals surface area contributed by atoms with Gasteiger partial charge in [-0.1, -0.05) is 13.0 Å². The standard InChI is InChI=1S/C17H30N4O2/c1-4-11-23-16-9-8-15(13-20-16)14-21-17(18-3)19-10-6-7-12-22-5-2/h8-9,13H,4-7,10-12,14H2,1-3H3,(H2,18,19,21). The van der Waals surface area contributed by atoms with E-state index in [0.29, 0.717) is 19.0 Å². The first kappa shape index (κ1) is 19.2. The van der Waals surface area contributed by atoms with Crippen molar-refractivity contribution in [1.29, 1.82) is 0 Å². The van der Waals surface area contributed by atoms with Crippen LogP contribution in [0.25, 0.3) is 0 Å². The zero-order chi connectivity index (χ0) is 16.8. The van der Waals surface area contributed by atoms with Crippen LogP contribution in [0, 0.1) is 0 Å². The highest BCUT2D eigenvalue weighted by Gasteiger charge is 2.00. The van der Waals surface area contributed by atoms with Crippen LogP contribution in [0.4, 0.5) is 0 Å². The van der Waals surface area contributed by atoms with E-state index in [0.717, 1.165) is 50.5 Å². The molecule has 130 valence electrons. The summed E-state index contributed by atoms with van der Waals surface area (Å²) in [6.45, 7) is 7.96. The monoisotopic (exact) mass is 322 g/mol. The summed E-state index contributed by atoms with van der Waals surface area (Å²) >= 11 is 0. The van der Waals surface area contributed by atoms with Gasteiger partial charge in [0.05, 0.1) is 6.61 Å². The third-order valence-electron chi connectivity index (χ3n) is 3.15. The van der Waals surface area contributed by atoms with Crippen LogP contribution >= 0.6 is 0 Å². The number of unbranched alkanes of at least 4 members (excludes halogenated alkanes) is 1. The molecule has 1 heterocycles. The lowest BCUT2D eigenvalue weighted by molar-refractivity contribution is 0.143. The lowest BCUT2D eigenvalue weighted by atomic mass is 10.3. The number of rotatable bonds is 11. The summed E-state index contributed by atoms with van der Waals surface area (Å²) in [5, 5.41) is 6.57. The van der Waals surface area contributed by atoms with Crippen molar-refractivity contribution in [3.05, 3.63) is 23.9 Å². The fraction of sp³-hybridized carbons (Fsp3) is 0.647. The smallest absolute Gasteiger partial charge is 0.213 e. The quantitative estimate of drug-likeness (QED) is 0.372. The molecule has 0 saturated carbocycles. The van der Waals surface area contributed by atoms with Gasteiger partial charge in [-0.25, -0.2) is 4.98 Å². The molecule has 0 fully saturated rings. The van der Waals surface area contributed by atoms with E-state index >= 15 is 0 Å². The zero-order valence-corrected chi connectivity index (χ0v) is 14.6. The molecule has 0 unspecified atom stereocenters. The average molecular weight is 322 g/mol. The van der Waals surface area contributed by atoms with E-state index in [-0.39, 0.29) is 0 Å². The van der Waals surface area contributed by atoms with Crippen LogP contribution in [-0.4, -0.2) is 44.4 Å². The highest BCUT2D eigenvalue weighted by molar-refractivity contribution is 5.79. The molecule has 0 aliphatic heterocycles. The Morgan fingerprint density at radius 2 is 2.04 bits per heavy atom. The number of nitrogens with one attached hydrogen (secondary N) is 2. The SMILES string of the molecule is CCCOc1ccc(CNC(=NC)NCCCCOCC)cn1. The van der Waals surface area contributed by atoms with Gasteiger partial charge in [0.2, 0.25) is 5.88 Å². The van der Waals surface area contributed by atoms with Crippen LogP contribution in [0.2, 0.25) is 0 Å². The van der Waals surface area contributed by atoms with Gasteiger partial charge in [0.1, 0.15) is 0 Å². The van der Waals surface area contributed by atoms with Crippen LogP contribution < -0.4 is 15.4 Å². The maximum Gasteiger partial charge on any atom is 0.213 e. The molecule has 0 bridgehead atoms. The summed E-state index contributed by atoms with van der Waals surface area (Å²) in [4.78, 5) is 8.50. The van der Waals surface area contributed by atoms with Gasteiger partial charge in [-0.2, -0.15) is 0 Å². The van der Waals surface area contributed by atoms with E-state index in [9.17, 15) is 0 Å². The summed E-state index contributed by atoms with van der Waals surface area (Å²) in [7, 11) is 1.77. The number of hydrogen-bond acceptors (Lipinski definition) is 4. The molecule has 0 atom stereocenters. The molecule has 6 heteroatoms. The minimum Gasteiger partial charge on any atom is -0.478 e. The summed E-state index contributed by atoms with van der Waals surface area (Å²) in [6.07, 6.45) is 4.93. The Bertz CT molecular complexity index is 435. The van der Waals surface area contributed by atoms with Gasteiger partial charge in [0, 0.05) is 45.6 Å². The predicted molar refractivity (Wildman–Crippen MR) is 94.0 cm³/mol. The number of guanidine groups is 1. The molecule has 0 aliphatic carbocycles. The second-order valence-corrected chi connectivity index (χ2v) is 5.11. The van der Waals surface area contributed by atoms with Crippen molar-refractivity contribution >= 4 is 5.96 Å². The first-order chi connectivity index (χ1) is 11.3. The Labute approximate surface area is 139 Å². The van der Waals surface area contributed by atoms with Gasteiger partial charge < -0.3 is 20.1 Å². The average Bonchev–Trinajstić information content (AvgIpc) is 2.59. The maximum absolute atomic E-state index is 5.47. The van der Waals surface area contributed by atoms with Gasteiger partial charge in [0.25, 0.3) is 0 Å². The van der Waals surface area contributed by atoms with Gasteiger partial charge in [-0.05, 0) is 31.7 Å². The van der Waals surface area contributed by atoms with Crippen molar-refractivity contribution in [3.63, 3.8) is 0 Å². The maximum atomic E-state index is 5.47. The van der Waals surface area contributed by atoms with Crippen molar-refractivity contribution in [2.45, 2.75) is 39.7 Å². The van der Waals surface area contributed by atoms with Gasteiger partial charge in [-0.15, -0.1) is 0 Å². The summed E-state index contributed by atoms with van der Waals surface area (Å²) in [6, 6.07) is 3.91. The van der Waals surface area contributed by atoms with Gasteiger partial charge >= 0.3 is 0 Å². The second-order valence-electron chi connectivity index (χ2n) is 5.11. The Morgan fingerprint density at radius 1 is 1.17 bits per heavy atom. The minimum absolute atomic E-state index is 0.674. The number of pyridine rings is 1. The Morgan fingerprint density at radius 3 is 2.70 bits per heavy atom. The number of hydrogen-bond donors (Lipinski definition) is 2. The molecule has 0 aliphatic rings. The van der Waals surface area contributed by atoms with Crippen LogP contribution in [0.1, 0.15) is 38.7 Å². The summed E-state index contributed by atoms with van der Waals surface area (Å²) in [5.74, 6) is 1.47. The fourth-order valence-electron chi connectivity index (χ4n) is 1.89. The highest BCUT2D eigenvalue weighted by atomic mass is 16.5. The third kappa shape index (κ3) is 9.03. The van der Waals surface area contributed by atoms with E-state index in [1.165, 1.54) is 0 Å². The first-order valence-corrected chi connectivity index (χ1v) is 8.40. The van der Waals surface area contributed by atoms with Gasteiger partial charge in [-0.3, -0.25) is 4.99 Å². The summed E-state index contributed by atoms with van der Waals surface area (Å²) < 4.78 is 10.8. The predicted octanol–water partition coefficient (Wildman–Crippen LogP) is 2.35. The molecule has 0 spiro atoms. The van der Waals surface area contributed by atoms with E-state index in [1.54, 1.807) is 7.05 Å². The molecular formula is C17H30N4O2. The van der Waals surface area contributed by atoms with Crippen LogP contribution in [0.5, 0.6) is 5.88 Å². The van der Waals surface area contributed by atoms with E-state index < -0.39 is 0 Å². The molecule has 6 nitrogen and oxygen atoms in total. The molecule has 2 N–H and O–H groups in total. The molecule has 0 amide bonds. The van der Waals surface area contributed by atoms with Crippen LogP contribution in [-0.2, 0) is 11.3 Å². The number of nitrogens with zero attached hydrogens (tertiary/aromatic N) is 2. The number of ether oxygens (including phenoxy) is 2. The molecule has 1 aromatic rings. The third-order valence-corrected chi connectivity index (χ3v) is 3.15. The van der Waals surface area contributed by atoms with Crippen molar-refractivity contribution in [2.24, 2.45) is 4.99 Å². The number of aromatic nitrogens is 1. The Kier molecular flexibility index (Phi) is 10.6. The Hall–Kier alpha value is -1.82. The number of aliphatic imine (C=N–C) groups is 1. The zero-order valence-electron chi connectivity index (χ0n) is 14.6. The molecule has 0 radical (unpaired) electrons. The van der Waals surface area contributed by atoms with E-state index in [2.05, 4.69) is 27.5 Å². The highest BCUT2D eigenvalue weighted by Crippen LogP contribution is 2.07. The van der Waals surface area contributed by atoms with Crippen molar-refractivity contribution in [2.75, 3.05) is 33.4 Å². The first-order valence-electron chi connectivity index (χ1n) is 8.40. The topological polar surface area (TPSA) is 67.8 Å². The largest absolute Gasteiger partial charge is 0.478 e. The molecule has 0 saturated heterocycles. The molecule has 23 heavy (non-hydrogen) atoms. The lowest BCUT2D eigenvalue weighted by Gasteiger charge is -2.12. The van der Waals surface area contributed by atoms with Crippen molar-refractivity contribution in [1.82, 2.24) is 15.6 Å². The van der Waals surface area contributed by atoms with Crippen molar-refractivity contribution < 1.29 is 9.47 Å². The summed E-state index contributed by atoms with van der Waals surface area (Å²) in [5.41, 5.74) is 1.09. The Balaban J connectivity index is 2.23. The molecule has 0 aromatic carbocycles. The van der Waals surface area contributed by atoms with Crippen LogP contribution in [0.15, 0.2) is 23.3 Å². The lowest BCUT2D eigenvalue weighted by Crippen LogP contribution is -2.37. The molecule has 1 aromatic heterocycles. The second kappa shape index (κ2) is 12.7. The van der Waals surface area contributed by atoms with Crippen molar-refractivity contribution in [3.8, 4) is 5.88 Å². The van der Waals surface area contributed by atoms with E-state index in [4.69, 9.17) is 9.47 Å². The molecule has 1 rings (SSSR count). The minimum atomic E-state index is 0.674.